The second-order valence-corrected chi connectivity index (χ2v) is 7.13. The molecule has 0 bridgehead atoms. The highest BCUT2D eigenvalue weighted by molar-refractivity contribution is 7.89. The minimum Gasteiger partial charge on any atom is -0.258 e. The van der Waals surface area contributed by atoms with Crippen molar-refractivity contribution in [3.05, 3.63) is 68.2 Å². The summed E-state index contributed by atoms with van der Waals surface area (Å²) in [5.41, 5.74) is 1.88. The largest absolute Gasteiger partial charge is 0.288 e. The molecule has 2 rings (SSSR count). The predicted octanol–water partition coefficient (Wildman–Crippen LogP) is 3.18. The van der Waals surface area contributed by atoms with E-state index in [1.54, 1.807) is 12.1 Å². The van der Waals surface area contributed by atoms with E-state index in [1.165, 1.54) is 30.5 Å². The van der Waals surface area contributed by atoms with E-state index < -0.39 is 14.9 Å². The highest BCUT2D eigenvalue weighted by Gasteiger charge is 2.14. The fourth-order valence-electron chi connectivity index (χ4n) is 1.85. The average Bonchev–Trinajstić information content (AvgIpc) is 2.51. The van der Waals surface area contributed by atoms with Gasteiger partial charge in [-0.1, -0.05) is 23.7 Å². The van der Waals surface area contributed by atoms with Gasteiger partial charge in [0, 0.05) is 11.6 Å². The van der Waals surface area contributed by atoms with E-state index in [0.29, 0.717) is 5.56 Å². The van der Waals surface area contributed by atoms with Crippen molar-refractivity contribution >= 4 is 33.5 Å². The van der Waals surface area contributed by atoms with Gasteiger partial charge in [-0.25, -0.2) is 4.83 Å². The van der Waals surface area contributed by atoms with Crippen LogP contribution in [-0.2, 0) is 10.0 Å². The summed E-state index contributed by atoms with van der Waals surface area (Å²) in [4.78, 5) is 12.4. The van der Waals surface area contributed by atoms with Crippen molar-refractivity contribution in [2.45, 2.75) is 18.7 Å². The molecule has 0 heterocycles. The Labute approximate surface area is 144 Å². The van der Waals surface area contributed by atoms with E-state index in [1.807, 2.05) is 13.8 Å². The number of hydrogen-bond acceptors (Lipinski definition) is 5. The van der Waals surface area contributed by atoms with E-state index in [9.17, 15) is 18.5 Å². The Morgan fingerprint density at radius 1 is 1.17 bits per heavy atom. The lowest BCUT2D eigenvalue weighted by Gasteiger charge is -2.06. The predicted molar refractivity (Wildman–Crippen MR) is 91.9 cm³/mol. The zero-order valence-electron chi connectivity index (χ0n) is 12.9. The number of rotatable bonds is 5. The molecular weight excluding hydrogens is 354 g/mol. The van der Waals surface area contributed by atoms with Crippen LogP contribution in [0.5, 0.6) is 0 Å². The van der Waals surface area contributed by atoms with E-state index in [-0.39, 0.29) is 15.6 Å². The normalized spacial score (nSPS) is 11.6. The van der Waals surface area contributed by atoms with Crippen LogP contribution in [0.15, 0.2) is 46.4 Å². The van der Waals surface area contributed by atoms with Crippen molar-refractivity contribution in [1.29, 1.82) is 0 Å². The molecule has 1 N–H and O–H groups in total. The van der Waals surface area contributed by atoms with Crippen molar-refractivity contribution in [3.8, 4) is 0 Å². The van der Waals surface area contributed by atoms with Crippen molar-refractivity contribution in [2.75, 3.05) is 0 Å². The van der Waals surface area contributed by atoms with Crippen LogP contribution in [-0.4, -0.2) is 19.6 Å². The molecule has 0 saturated heterocycles. The third kappa shape index (κ3) is 4.09. The highest BCUT2D eigenvalue weighted by Crippen LogP contribution is 2.24. The van der Waals surface area contributed by atoms with Crippen molar-refractivity contribution < 1.29 is 13.3 Å². The Kier molecular flexibility index (Phi) is 5.20. The Morgan fingerprint density at radius 3 is 2.50 bits per heavy atom. The lowest BCUT2D eigenvalue weighted by molar-refractivity contribution is -0.384. The molecule has 24 heavy (non-hydrogen) atoms. The molecule has 0 radical (unpaired) electrons. The van der Waals surface area contributed by atoms with Crippen LogP contribution in [0.4, 0.5) is 5.69 Å². The molecule has 9 heteroatoms. The monoisotopic (exact) mass is 367 g/mol. The molecule has 0 aliphatic carbocycles. The fraction of sp³-hybridized carbons (Fsp3) is 0.133. The summed E-state index contributed by atoms with van der Waals surface area (Å²) in [5.74, 6) is 0. The lowest BCUT2D eigenvalue weighted by Crippen LogP contribution is -2.18. The highest BCUT2D eigenvalue weighted by atomic mass is 35.5. The van der Waals surface area contributed by atoms with Gasteiger partial charge in [-0.05, 0) is 43.2 Å². The van der Waals surface area contributed by atoms with E-state index in [4.69, 9.17) is 11.6 Å². The van der Waals surface area contributed by atoms with Gasteiger partial charge in [0.15, 0.2) is 0 Å². The summed E-state index contributed by atoms with van der Waals surface area (Å²) < 4.78 is 24.3. The van der Waals surface area contributed by atoms with Crippen LogP contribution in [0.2, 0.25) is 5.02 Å². The third-order valence-corrected chi connectivity index (χ3v) is 4.88. The first kappa shape index (κ1) is 17.9. The van der Waals surface area contributed by atoms with Gasteiger partial charge in [0.1, 0.15) is 5.02 Å². The standard InChI is InChI=1S/C15H14ClN3O4S/c1-10-3-5-13(7-11(10)2)24(22,23)18-17-9-12-4-6-14(16)15(8-12)19(20)21/h3-9,18H,1-2H3/b17-9+. The number of benzene rings is 2. The summed E-state index contributed by atoms with van der Waals surface area (Å²) in [5, 5.41) is 14.5. The molecule has 0 atom stereocenters. The van der Waals surface area contributed by atoms with Crippen LogP contribution in [0, 0.1) is 24.0 Å². The SMILES string of the molecule is Cc1ccc(S(=O)(=O)N/N=C/c2ccc(Cl)c([N+](=O)[O-])c2)cc1C. The molecule has 2 aromatic carbocycles. The third-order valence-electron chi connectivity index (χ3n) is 3.34. The van der Waals surface area contributed by atoms with Gasteiger partial charge in [0.05, 0.1) is 16.0 Å². The zero-order valence-corrected chi connectivity index (χ0v) is 14.4. The van der Waals surface area contributed by atoms with E-state index >= 15 is 0 Å². The molecule has 2 aromatic rings. The van der Waals surface area contributed by atoms with Crippen LogP contribution in [0.1, 0.15) is 16.7 Å². The molecule has 0 amide bonds. The van der Waals surface area contributed by atoms with Crippen molar-refractivity contribution in [2.24, 2.45) is 5.10 Å². The molecular formula is C15H14ClN3O4S. The number of hydrogen-bond donors (Lipinski definition) is 1. The minimum atomic E-state index is -3.81. The summed E-state index contributed by atoms with van der Waals surface area (Å²) in [6, 6.07) is 8.77. The Hall–Kier alpha value is -2.45. The molecule has 0 unspecified atom stereocenters. The van der Waals surface area contributed by atoms with Gasteiger partial charge < -0.3 is 0 Å². The van der Waals surface area contributed by atoms with Gasteiger partial charge in [-0.2, -0.15) is 13.5 Å². The maximum atomic E-state index is 12.2. The first-order valence-corrected chi connectivity index (χ1v) is 8.63. The topological polar surface area (TPSA) is 102 Å². The van der Waals surface area contributed by atoms with Gasteiger partial charge in [-0.3, -0.25) is 10.1 Å². The number of sulfonamides is 1. The average molecular weight is 368 g/mol. The Balaban J connectivity index is 2.20. The Bertz CT molecular complexity index is 926. The van der Waals surface area contributed by atoms with Crippen molar-refractivity contribution in [1.82, 2.24) is 4.83 Å². The number of nitrogens with one attached hydrogen (secondary N) is 1. The molecule has 0 saturated carbocycles. The van der Waals surface area contributed by atoms with Crippen LogP contribution in [0.3, 0.4) is 0 Å². The molecule has 7 nitrogen and oxygen atoms in total. The summed E-state index contributed by atoms with van der Waals surface area (Å²) in [7, 11) is -3.81. The molecule has 0 fully saturated rings. The fourth-order valence-corrected chi connectivity index (χ4v) is 2.92. The van der Waals surface area contributed by atoms with Crippen LogP contribution in [0.25, 0.3) is 0 Å². The minimum absolute atomic E-state index is 0.00661. The number of nitro groups is 1. The summed E-state index contributed by atoms with van der Waals surface area (Å²) >= 11 is 5.71. The van der Waals surface area contributed by atoms with E-state index in [0.717, 1.165) is 11.1 Å². The number of hydrazone groups is 1. The molecule has 0 spiro atoms. The summed E-state index contributed by atoms with van der Waals surface area (Å²) in [6.45, 7) is 3.69. The number of halogens is 1. The lowest BCUT2D eigenvalue weighted by atomic mass is 10.1. The molecule has 0 aliphatic rings. The first-order valence-electron chi connectivity index (χ1n) is 6.77. The smallest absolute Gasteiger partial charge is 0.258 e. The number of nitro benzene ring substituents is 1. The number of nitrogens with zero attached hydrogens (tertiary/aromatic N) is 2. The summed E-state index contributed by atoms with van der Waals surface area (Å²) in [6.07, 6.45) is 1.17. The van der Waals surface area contributed by atoms with Gasteiger partial charge in [-0.15, -0.1) is 0 Å². The van der Waals surface area contributed by atoms with Crippen molar-refractivity contribution in [3.63, 3.8) is 0 Å². The van der Waals surface area contributed by atoms with Crippen LogP contribution < -0.4 is 4.83 Å². The second-order valence-electron chi connectivity index (χ2n) is 5.07. The first-order chi connectivity index (χ1) is 11.2. The number of aryl methyl sites for hydroxylation is 2. The maximum absolute atomic E-state index is 12.2. The van der Waals surface area contributed by atoms with Gasteiger partial charge in [0.2, 0.25) is 0 Å². The Morgan fingerprint density at radius 2 is 1.88 bits per heavy atom. The molecule has 0 aromatic heterocycles. The quantitative estimate of drug-likeness (QED) is 0.498. The zero-order chi connectivity index (χ0) is 17.9. The maximum Gasteiger partial charge on any atom is 0.288 e. The molecule has 0 aliphatic heterocycles. The van der Waals surface area contributed by atoms with E-state index in [2.05, 4.69) is 9.93 Å². The van der Waals surface area contributed by atoms with Gasteiger partial charge in [0.25, 0.3) is 15.7 Å². The second kappa shape index (κ2) is 6.98. The van der Waals surface area contributed by atoms with Gasteiger partial charge >= 0.3 is 0 Å². The molecule has 126 valence electrons. The van der Waals surface area contributed by atoms with Crippen LogP contribution >= 0.6 is 11.6 Å².